The fourth-order valence-electron chi connectivity index (χ4n) is 4.73. The molecule has 0 bridgehead atoms. The Hall–Kier alpha value is -3.06. The molecule has 4 heterocycles. The van der Waals surface area contributed by atoms with Crippen LogP contribution in [0.1, 0.15) is 63.0 Å². The van der Waals surface area contributed by atoms with Gasteiger partial charge in [0.2, 0.25) is 5.95 Å². The summed E-state index contributed by atoms with van der Waals surface area (Å²) in [5.74, 6) is -2.70. The summed E-state index contributed by atoms with van der Waals surface area (Å²) in [7, 11) is 0. The van der Waals surface area contributed by atoms with E-state index in [0.717, 1.165) is 37.7 Å². The molecule has 2 aliphatic rings. The average Bonchev–Trinajstić information content (AvgIpc) is 3.64. The molecule has 3 unspecified atom stereocenters. The van der Waals surface area contributed by atoms with Crippen LogP contribution in [0.2, 0.25) is 0 Å². The molecule has 1 aromatic carbocycles. The molecule has 6 nitrogen and oxygen atoms in total. The number of terminal acetylenes is 1. The second-order valence-electron chi connectivity index (χ2n) is 8.71. The number of rotatable bonds is 5. The Bertz CT molecular complexity index is 1170. The predicted octanol–water partition coefficient (Wildman–Crippen LogP) is 5.99. The Balaban J connectivity index is 0.000000861. The quantitative estimate of drug-likeness (QED) is 0.332. The van der Waals surface area contributed by atoms with E-state index in [0.29, 0.717) is 30.7 Å². The Labute approximate surface area is 215 Å². The zero-order chi connectivity index (χ0) is 26.4. The van der Waals surface area contributed by atoms with Crippen molar-refractivity contribution in [3.63, 3.8) is 0 Å². The van der Waals surface area contributed by atoms with E-state index >= 15 is 0 Å². The van der Waals surface area contributed by atoms with Crippen LogP contribution in [0.5, 0.6) is 0 Å². The van der Waals surface area contributed by atoms with Crippen molar-refractivity contribution in [1.82, 2.24) is 19.1 Å². The molecule has 2 aliphatic heterocycles. The number of halogens is 3. The molecule has 0 spiro atoms. The number of hydrogen-bond acceptors (Lipinski definition) is 6. The molecule has 1 N–H and O–H groups in total. The van der Waals surface area contributed by atoms with E-state index in [9.17, 15) is 13.2 Å². The highest BCUT2D eigenvalue weighted by Gasteiger charge is 2.32. The first kappa shape index (κ1) is 27.5. The van der Waals surface area contributed by atoms with Crippen molar-refractivity contribution < 1.29 is 13.2 Å². The number of nitrogens with zero attached hydrogens (tertiary/aromatic N) is 5. The summed E-state index contributed by atoms with van der Waals surface area (Å²) in [4.78, 5) is 6.99. The number of fused-ring (bicyclic) bond motifs is 1. The van der Waals surface area contributed by atoms with Gasteiger partial charge in [-0.3, -0.25) is 0 Å². The Morgan fingerprint density at radius 1 is 1.11 bits per heavy atom. The summed E-state index contributed by atoms with van der Waals surface area (Å²) < 4.78 is 47.8. The van der Waals surface area contributed by atoms with Crippen molar-refractivity contribution in [2.45, 2.75) is 65.5 Å². The zero-order valence-electron chi connectivity index (χ0n) is 21.1. The highest BCUT2D eigenvalue weighted by atomic mass is 32.1. The third-order valence-electron chi connectivity index (χ3n) is 6.53. The normalized spacial score (nSPS) is 19.4. The van der Waals surface area contributed by atoms with Gasteiger partial charge >= 0.3 is 0 Å². The summed E-state index contributed by atoms with van der Waals surface area (Å²) in [6.07, 6.45) is 10.4. The molecule has 5 rings (SSSR count). The second-order valence-corrected chi connectivity index (χ2v) is 9.49. The van der Waals surface area contributed by atoms with E-state index in [2.05, 4.69) is 50.5 Å². The lowest BCUT2D eigenvalue weighted by molar-refractivity contribution is 0.411. The van der Waals surface area contributed by atoms with Crippen LogP contribution in [0.25, 0.3) is 0 Å². The van der Waals surface area contributed by atoms with E-state index in [4.69, 9.17) is 0 Å². The molecule has 194 valence electrons. The van der Waals surface area contributed by atoms with Crippen molar-refractivity contribution in [1.29, 1.82) is 0 Å². The Morgan fingerprint density at radius 3 is 2.56 bits per heavy atom. The van der Waals surface area contributed by atoms with Crippen molar-refractivity contribution in [2.24, 2.45) is 5.92 Å². The first-order chi connectivity index (χ1) is 17.4. The van der Waals surface area contributed by atoms with Gasteiger partial charge in [-0.05, 0) is 62.7 Å². The standard InChI is InChI=1S/C22H25F3N6S.C2H6.C2H2/c1-12-10-18(32-29-12)30-9-7-14(11-30)13(2)26-22-27-21-16(4-3-8-31(21)28-22)15-5-6-17(23)20(25)19(15)24;2*1-2/h5-6,10,13-14,16H,3-4,7-9,11H2,1-2H3,(H,26,28);1-2H3;1-2H. The van der Waals surface area contributed by atoms with Crippen LogP contribution < -0.4 is 10.2 Å². The number of aromatic nitrogens is 4. The van der Waals surface area contributed by atoms with Gasteiger partial charge in [0, 0.05) is 37.2 Å². The summed E-state index contributed by atoms with van der Waals surface area (Å²) in [5, 5.41) is 9.18. The van der Waals surface area contributed by atoms with Gasteiger partial charge in [0.1, 0.15) is 10.8 Å². The van der Waals surface area contributed by atoms with Crippen LogP contribution in [0.3, 0.4) is 0 Å². The molecule has 0 saturated carbocycles. The largest absolute Gasteiger partial charge is 0.362 e. The van der Waals surface area contributed by atoms with Crippen LogP contribution in [0, 0.1) is 43.1 Å². The fourth-order valence-corrected chi connectivity index (χ4v) is 5.53. The maximum Gasteiger partial charge on any atom is 0.242 e. The monoisotopic (exact) mass is 518 g/mol. The summed E-state index contributed by atoms with van der Waals surface area (Å²) in [5.41, 5.74) is 1.17. The summed E-state index contributed by atoms with van der Waals surface area (Å²) in [6, 6.07) is 4.55. The molecule has 1 fully saturated rings. The van der Waals surface area contributed by atoms with Crippen LogP contribution in [-0.2, 0) is 6.54 Å². The van der Waals surface area contributed by atoms with E-state index in [-0.39, 0.29) is 11.6 Å². The maximum absolute atomic E-state index is 14.4. The summed E-state index contributed by atoms with van der Waals surface area (Å²) >= 11 is 1.53. The van der Waals surface area contributed by atoms with Gasteiger partial charge in [-0.1, -0.05) is 19.9 Å². The number of nitrogens with one attached hydrogen (secondary N) is 1. The van der Waals surface area contributed by atoms with Gasteiger partial charge in [-0.15, -0.1) is 17.9 Å². The molecular formula is C26H33F3N6S. The fraction of sp³-hybridized carbons (Fsp3) is 0.500. The molecule has 3 atom stereocenters. The molecule has 36 heavy (non-hydrogen) atoms. The van der Waals surface area contributed by atoms with Gasteiger partial charge < -0.3 is 10.2 Å². The Kier molecular flexibility index (Phi) is 9.37. The zero-order valence-corrected chi connectivity index (χ0v) is 22.0. The SMILES string of the molecule is C#C.CC.Cc1cc(N2CCC(C(C)Nc3nc4n(n3)CCCC4c3ccc(F)c(F)c3F)C2)sn1. The topological polar surface area (TPSA) is 58.9 Å². The molecular weight excluding hydrogens is 485 g/mol. The van der Waals surface area contributed by atoms with Crippen LogP contribution >= 0.6 is 11.5 Å². The van der Waals surface area contributed by atoms with E-state index in [1.54, 1.807) is 4.68 Å². The van der Waals surface area contributed by atoms with E-state index < -0.39 is 23.4 Å². The lowest BCUT2D eigenvalue weighted by atomic mass is 9.90. The third-order valence-corrected chi connectivity index (χ3v) is 7.47. The molecule has 10 heteroatoms. The smallest absolute Gasteiger partial charge is 0.242 e. The second kappa shape index (κ2) is 12.3. The first-order valence-corrected chi connectivity index (χ1v) is 13.0. The van der Waals surface area contributed by atoms with E-state index in [1.807, 2.05) is 20.8 Å². The van der Waals surface area contributed by atoms with Crippen LogP contribution in [0.15, 0.2) is 18.2 Å². The molecule has 2 aromatic heterocycles. The maximum atomic E-state index is 14.4. The van der Waals surface area contributed by atoms with Crippen LogP contribution in [0.4, 0.5) is 24.1 Å². The number of aryl methyl sites for hydroxylation is 2. The van der Waals surface area contributed by atoms with Crippen molar-refractivity contribution >= 4 is 22.5 Å². The third kappa shape index (κ3) is 5.67. The van der Waals surface area contributed by atoms with Crippen molar-refractivity contribution in [3.05, 3.63) is 52.7 Å². The number of hydrogen-bond donors (Lipinski definition) is 1. The first-order valence-electron chi connectivity index (χ1n) is 12.3. The Morgan fingerprint density at radius 2 is 1.86 bits per heavy atom. The highest BCUT2D eigenvalue weighted by Crippen LogP contribution is 2.36. The predicted molar refractivity (Wildman–Crippen MR) is 139 cm³/mol. The lowest BCUT2D eigenvalue weighted by Crippen LogP contribution is -2.29. The minimum Gasteiger partial charge on any atom is -0.362 e. The van der Waals surface area contributed by atoms with Gasteiger partial charge in [0.25, 0.3) is 0 Å². The van der Waals surface area contributed by atoms with Crippen LogP contribution in [-0.4, -0.2) is 38.3 Å². The average molecular weight is 519 g/mol. The number of anilines is 2. The van der Waals surface area contributed by atoms with Gasteiger partial charge in [0.05, 0.1) is 5.69 Å². The lowest BCUT2D eigenvalue weighted by Gasteiger charge is -2.22. The molecule has 3 aromatic rings. The summed E-state index contributed by atoms with van der Waals surface area (Å²) in [6.45, 7) is 10.7. The molecule has 0 aliphatic carbocycles. The van der Waals surface area contributed by atoms with Crippen molar-refractivity contribution in [3.8, 4) is 12.8 Å². The van der Waals surface area contributed by atoms with E-state index in [1.165, 1.54) is 22.6 Å². The minimum atomic E-state index is -1.44. The number of benzene rings is 1. The van der Waals surface area contributed by atoms with Gasteiger partial charge in [0.15, 0.2) is 17.5 Å². The molecule has 0 amide bonds. The molecule has 0 radical (unpaired) electrons. The highest BCUT2D eigenvalue weighted by molar-refractivity contribution is 7.10. The minimum absolute atomic E-state index is 0.128. The van der Waals surface area contributed by atoms with Crippen molar-refractivity contribution in [2.75, 3.05) is 23.3 Å². The van der Waals surface area contributed by atoms with Gasteiger partial charge in [-0.25, -0.2) is 17.9 Å². The molecule has 1 saturated heterocycles. The van der Waals surface area contributed by atoms with Gasteiger partial charge in [-0.2, -0.15) is 9.36 Å².